The Morgan fingerprint density at radius 2 is 2.10 bits per heavy atom. The molecule has 0 saturated carbocycles. The molecule has 2 aliphatic heterocycles. The lowest BCUT2D eigenvalue weighted by Crippen LogP contribution is -2.60. The number of rotatable bonds is 6. The fourth-order valence-corrected chi connectivity index (χ4v) is 3.93. The molecule has 0 spiro atoms. The summed E-state index contributed by atoms with van der Waals surface area (Å²) in [4.78, 5) is 28.2. The summed E-state index contributed by atoms with van der Waals surface area (Å²) in [6.45, 7) is 1.12. The summed E-state index contributed by atoms with van der Waals surface area (Å²) in [5, 5.41) is 12.2. The van der Waals surface area contributed by atoms with Gasteiger partial charge in [0.1, 0.15) is 5.70 Å². The van der Waals surface area contributed by atoms with Crippen molar-refractivity contribution in [2.75, 3.05) is 33.4 Å². The highest BCUT2D eigenvalue weighted by Gasteiger charge is 2.55. The smallest absolute Gasteiger partial charge is 0.377 e. The molecule has 3 rings (SSSR count). The zero-order valence-corrected chi connectivity index (χ0v) is 16.8. The second kappa shape index (κ2) is 8.15. The van der Waals surface area contributed by atoms with Crippen molar-refractivity contribution in [3.8, 4) is 0 Å². The first-order valence-electron chi connectivity index (χ1n) is 8.98. The molecule has 2 unspecified atom stereocenters. The number of morpholine rings is 1. The predicted molar refractivity (Wildman–Crippen MR) is 101 cm³/mol. The zero-order chi connectivity index (χ0) is 22.3. The lowest BCUT2D eigenvalue weighted by Gasteiger charge is -2.35. The molecule has 0 aromatic carbocycles. The maximum absolute atomic E-state index is 12.9. The van der Waals surface area contributed by atoms with E-state index in [0.29, 0.717) is 30.2 Å². The Morgan fingerprint density at radius 1 is 1.43 bits per heavy atom. The van der Waals surface area contributed by atoms with Crippen molar-refractivity contribution in [3.63, 3.8) is 0 Å². The lowest BCUT2D eigenvalue weighted by atomic mass is 10.0. The number of likely N-dealkylation sites (N-methyl/N-ethyl adjacent to an activating group) is 1. The van der Waals surface area contributed by atoms with Crippen molar-refractivity contribution in [1.82, 2.24) is 15.1 Å². The standard InChI is InChI=1S/C17H22F3N5O4S/c1-24-7-10(24)15(27)25-4-5-29-8-9(25)6-23-14(26)12-3-2-11(30-12)13(21)16(22,28)17(18,19)20/h2-3,7,9,13,28H,4-6,8,21-22H2,1H3,(H,23,26)/t9?,13?,16-,24?/m1/s1. The van der Waals surface area contributed by atoms with Gasteiger partial charge in [0.25, 0.3) is 11.8 Å². The van der Waals surface area contributed by atoms with E-state index in [-0.39, 0.29) is 34.9 Å². The molecular formula is C17H22F3N5O4S. The Bertz CT molecular complexity index is 857. The van der Waals surface area contributed by atoms with Crippen LogP contribution in [0.1, 0.15) is 20.6 Å². The van der Waals surface area contributed by atoms with Gasteiger partial charge >= 0.3 is 6.18 Å². The summed E-state index contributed by atoms with van der Waals surface area (Å²) in [6.07, 6.45) is -3.44. The van der Waals surface area contributed by atoms with E-state index in [2.05, 4.69) is 5.32 Å². The van der Waals surface area contributed by atoms with Crippen LogP contribution in [0, 0.1) is 0 Å². The van der Waals surface area contributed by atoms with Crippen LogP contribution < -0.4 is 16.8 Å². The van der Waals surface area contributed by atoms with Crippen molar-refractivity contribution in [1.29, 1.82) is 0 Å². The maximum Gasteiger partial charge on any atom is 0.432 e. The fourth-order valence-electron chi connectivity index (χ4n) is 2.93. The van der Waals surface area contributed by atoms with Crippen molar-refractivity contribution >= 4 is 23.2 Å². The van der Waals surface area contributed by atoms with Gasteiger partial charge in [-0.05, 0) is 12.1 Å². The van der Waals surface area contributed by atoms with E-state index in [1.807, 2.05) is 0 Å². The SMILES string of the molecule is CN1C=C1C(=O)N1CCOCC1CNC(=O)c1ccc(C(N)[C@@](N)(O)C(F)(F)F)s1. The number of thiophene rings is 1. The zero-order valence-electron chi connectivity index (χ0n) is 16.0. The Labute approximate surface area is 174 Å². The van der Waals surface area contributed by atoms with Crippen LogP contribution in [0.15, 0.2) is 24.0 Å². The van der Waals surface area contributed by atoms with E-state index >= 15 is 0 Å². The molecule has 0 bridgehead atoms. The first kappa shape index (κ1) is 22.5. The van der Waals surface area contributed by atoms with Gasteiger partial charge in [0, 0.05) is 31.2 Å². The number of amides is 2. The van der Waals surface area contributed by atoms with Crippen molar-refractivity contribution in [2.24, 2.45) is 11.5 Å². The minimum Gasteiger partial charge on any atom is -0.377 e. The van der Waals surface area contributed by atoms with Gasteiger partial charge < -0.3 is 30.7 Å². The monoisotopic (exact) mass is 449 g/mol. The number of nitrogens with one attached hydrogen (secondary N) is 1. The number of nitrogens with two attached hydrogens (primary N) is 2. The Hall–Kier alpha value is -2.19. The third-order valence-corrected chi connectivity index (χ3v) is 6.09. The van der Waals surface area contributed by atoms with E-state index in [0.717, 1.165) is 0 Å². The summed E-state index contributed by atoms with van der Waals surface area (Å²) in [5.41, 5.74) is 7.36. The van der Waals surface area contributed by atoms with Gasteiger partial charge in [0.05, 0.1) is 30.2 Å². The van der Waals surface area contributed by atoms with E-state index in [1.54, 1.807) is 23.0 Å². The molecule has 0 radical (unpaired) electrons. The number of carbonyl (C=O) groups excluding carboxylic acids is 2. The van der Waals surface area contributed by atoms with Crippen LogP contribution >= 0.6 is 11.3 Å². The minimum atomic E-state index is -5.14. The third-order valence-electron chi connectivity index (χ3n) is 4.92. The van der Waals surface area contributed by atoms with Crippen LogP contribution in [0.25, 0.3) is 0 Å². The van der Waals surface area contributed by atoms with Gasteiger partial charge in [-0.2, -0.15) is 13.2 Å². The number of nitrogens with zero attached hydrogens (tertiary/aromatic N) is 2. The number of hydrogen-bond donors (Lipinski definition) is 4. The first-order valence-corrected chi connectivity index (χ1v) is 9.80. The van der Waals surface area contributed by atoms with Gasteiger partial charge in [-0.15, -0.1) is 11.3 Å². The average molecular weight is 449 g/mol. The topological polar surface area (TPSA) is 134 Å². The van der Waals surface area contributed by atoms with Crippen LogP contribution in [0.2, 0.25) is 0 Å². The molecule has 13 heteroatoms. The molecule has 0 aliphatic carbocycles. The molecule has 1 aromatic heterocycles. The summed E-state index contributed by atoms with van der Waals surface area (Å²) >= 11 is 0.696. The van der Waals surface area contributed by atoms with Gasteiger partial charge in [0.15, 0.2) is 0 Å². The summed E-state index contributed by atoms with van der Waals surface area (Å²) in [6, 6.07) is 0.174. The fraction of sp³-hybridized carbons (Fsp3) is 0.529. The maximum atomic E-state index is 12.9. The van der Waals surface area contributed by atoms with Crippen LogP contribution in [-0.2, 0) is 9.53 Å². The van der Waals surface area contributed by atoms with E-state index in [1.165, 1.54) is 12.1 Å². The third kappa shape index (κ3) is 4.44. The second-order valence-corrected chi connectivity index (χ2v) is 8.18. The molecule has 166 valence electrons. The first-order chi connectivity index (χ1) is 13.9. The van der Waals surface area contributed by atoms with Crippen molar-refractivity contribution in [2.45, 2.75) is 24.0 Å². The van der Waals surface area contributed by atoms with E-state index in [9.17, 15) is 27.9 Å². The number of ether oxygens (including phenoxy) is 1. The summed E-state index contributed by atoms with van der Waals surface area (Å²) < 4.78 is 44.0. The Balaban J connectivity index is 1.61. The molecule has 1 fully saturated rings. The molecule has 3 heterocycles. The van der Waals surface area contributed by atoms with Gasteiger partial charge in [-0.25, -0.2) is 0 Å². The lowest BCUT2D eigenvalue weighted by molar-refractivity contribution is -0.266. The molecule has 30 heavy (non-hydrogen) atoms. The van der Waals surface area contributed by atoms with Crippen LogP contribution in [0.4, 0.5) is 13.2 Å². The van der Waals surface area contributed by atoms with Gasteiger partial charge in [-0.1, -0.05) is 0 Å². The minimum absolute atomic E-state index is 0.0935. The Kier molecular flexibility index (Phi) is 6.11. The number of carbonyl (C=O) groups is 2. The average Bonchev–Trinajstić information content (AvgIpc) is 3.21. The number of aliphatic hydroxyl groups is 1. The molecule has 2 aliphatic rings. The highest BCUT2D eigenvalue weighted by molar-refractivity contribution is 7.14. The van der Waals surface area contributed by atoms with Crippen molar-refractivity contribution < 1.29 is 32.6 Å². The largest absolute Gasteiger partial charge is 0.432 e. The van der Waals surface area contributed by atoms with E-state index in [4.69, 9.17) is 16.2 Å². The quantitative estimate of drug-likeness (QED) is 0.438. The summed E-state index contributed by atoms with van der Waals surface area (Å²) in [7, 11) is 1.75. The molecule has 1 aromatic rings. The van der Waals surface area contributed by atoms with Crippen LogP contribution in [0.3, 0.4) is 0 Å². The number of alkyl halides is 3. The molecule has 2 amide bonds. The Morgan fingerprint density at radius 3 is 2.70 bits per heavy atom. The highest BCUT2D eigenvalue weighted by Crippen LogP contribution is 2.37. The molecule has 1 saturated heterocycles. The predicted octanol–water partition coefficient (Wildman–Crippen LogP) is -0.298. The number of hydrogen-bond acceptors (Lipinski definition) is 8. The molecule has 3 atom stereocenters. The van der Waals surface area contributed by atoms with Gasteiger partial charge in [-0.3, -0.25) is 15.3 Å². The molecule has 6 N–H and O–H groups in total. The second-order valence-electron chi connectivity index (χ2n) is 7.07. The van der Waals surface area contributed by atoms with Gasteiger partial charge in [0.2, 0.25) is 5.72 Å². The van der Waals surface area contributed by atoms with Crippen LogP contribution in [0.5, 0.6) is 0 Å². The van der Waals surface area contributed by atoms with Crippen LogP contribution in [-0.4, -0.2) is 78.0 Å². The highest BCUT2D eigenvalue weighted by atomic mass is 32.1. The summed E-state index contributed by atoms with van der Waals surface area (Å²) in [5.74, 6) is -0.703. The van der Waals surface area contributed by atoms with Crippen molar-refractivity contribution in [3.05, 3.63) is 33.8 Å². The molecular weight excluding hydrogens is 427 g/mol. The normalized spacial score (nSPS) is 22.2. The molecule has 9 nitrogen and oxygen atoms in total. The van der Waals surface area contributed by atoms with E-state index < -0.39 is 23.9 Å². The number of halogens is 3.